The zero-order valence-electron chi connectivity index (χ0n) is 12.5. The van der Waals surface area contributed by atoms with E-state index < -0.39 is 10.0 Å². The predicted molar refractivity (Wildman–Crippen MR) is 83.5 cm³/mol. The van der Waals surface area contributed by atoms with E-state index in [-0.39, 0.29) is 0 Å². The highest BCUT2D eigenvalue weighted by atomic mass is 35.5. The van der Waals surface area contributed by atoms with Gasteiger partial charge >= 0.3 is 0 Å². The van der Waals surface area contributed by atoms with Gasteiger partial charge in [0.15, 0.2) is 0 Å². The summed E-state index contributed by atoms with van der Waals surface area (Å²) in [5.41, 5.74) is 0.785. The fraction of sp³-hybridized carbons (Fsp3) is 0.571. The van der Waals surface area contributed by atoms with Crippen molar-refractivity contribution in [2.24, 2.45) is 5.92 Å². The van der Waals surface area contributed by atoms with E-state index >= 15 is 0 Å². The molecule has 0 radical (unpaired) electrons. The summed E-state index contributed by atoms with van der Waals surface area (Å²) < 4.78 is 26.4. The van der Waals surface area contributed by atoms with Crippen molar-refractivity contribution in [3.05, 3.63) is 28.8 Å². The highest BCUT2D eigenvalue weighted by Crippen LogP contribution is 2.22. The summed E-state index contributed by atoms with van der Waals surface area (Å²) in [4.78, 5) is 0.290. The van der Waals surface area contributed by atoms with Crippen molar-refractivity contribution in [1.82, 2.24) is 9.62 Å². The van der Waals surface area contributed by atoms with E-state index in [9.17, 15) is 8.42 Å². The maximum absolute atomic E-state index is 12.5. The van der Waals surface area contributed by atoms with E-state index in [0.29, 0.717) is 28.9 Å². The van der Waals surface area contributed by atoms with Gasteiger partial charge in [0.25, 0.3) is 0 Å². The summed E-state index contributed by atoms with van der Waals surface area (Å²) >= 11 is 6.06. The van der Waals surface area contributed by atoms with Crippen LogP contribution in [0, 0.1) is 5.92 Å². The van der Waals surface area contributed by atoms with Crippen molar-refractivity contribution in [2.45, 2.75) is 31.7 Å². The predicted octanol–water partition coefficient (Wildman–Crippen LogP) is 2.73. The first kappa shape index (κ1) is 17.4. The van der Waals surface area contributed by atoms with Gasteiger partial charge in [0.1, 0.15) is 0 Å². The summed E-state index contributed by atoms with van der Waals surface area (Å²) in [5, 5.41) is 3.55. The van der Waals surface area contributed by atoms with Crippen LogP contribution in [0.25, 0.3) is 0 Å². The maximum Gasteiger partial charge on any atom is 0.242 e. The Hall–Kier alpha value is -0.620. The first-order chi connectivity index (χ1) is 9.28. The Morgan fingerprint density at radius 2 is 2.00 bits per heavy atom. The molecule has 0 amide bonds. The van der Waals surface area contributed by atoms with Gasteiger partial charge in [-0.2, -0.15) is 0 Å². The number of rotatable bonds is 7. The van der Waals surface area contributed by atoms with Gasteiger partial charge in [-0.3, -0.25) is 0 Å². The molecule has 0 heterocycles. The molecular formula is C14H23ClN2O2S. The fourth-order valence-electron chi connectivity index (χ4n) is 1.78. The summed E-state index contributed by atoms with van der Waals surface area (Å²) in [7, 11) is -0.0323. The van der Waals surface area contributed by atoms with Crippen LogP contribution in [-0.2, 0) is 16.6 Å². The molecule has 114 valence electrons. The average molecular weight is 319 g/mol. The Balaban J connectivity index is 3.00. The van der Waals surface area contributed by atoms with E-state index in [1.54, 1.807) is 32.3 Å². The lowest BCUT2D eigenvalue weighted by Gasteiger charge is -2.19. The van der Waals surface area contributed by atoms with Crippen molar-refractivity contribution < 1.29 is 8.42 Å². The zero-order chi connectivity index (χ0) is 15.3. The van der Waals surface area contributed by atoms with E-state index in [1.807, 2.05) is 0 Å². The molecular weight excluding hydrogens is 296 g/mol. The molecule has 0 saturated heterocycles. The molecule has 6 heteroatoms. The Morgan fingerprint density at radius 1 is 1.35 bits per heavy atom. The molecule has 0 aliphatic rings. The quantitative estimate of drug-likeness (QED) is 0.841. The second kappa shape index (κ2) is 7.41. The molecule has 0 spiro atoms. The molecule has 0 bridgehead atoms. The number of halogens is 1. The van der Waals surface area contributed by atoms with E-state index in [2.05, 4.69) is 19.2 Å². The van der Waals surface area contributed by atoms with Crippen molar-refractivity contribution in [3.8, 4) is 0 Å². The summed E-state index contributed by atoms with van der Waals surface area (Å²) in [5.74, 6) is 0.470. The smallest absolute Gasteiger partial charge is 0.242 e. The zero-order valence-corrected chi connectivity index (χ0v) is 14.1. The van der Waals surface area contributed by atoms with E-state index in [1.165, 1.54) is 4.31 Å². The van der Waals surface area contributed by atoms with Crippen LogP contribution in [0.3, 0.4) is 0 Å². The molecule has 0 aromatic heterocycles. The number of nitrogens with one attached hydrogen (secondary N) is 1. The monoisotopic (exact) mass is 318 g/mol. The topological polar surface area (TPSA) is 49.4 Å². The molecule has 20 heavy (non-hydrogen) atoms. The third kappa shape index (κ3) is 4.45. The molecule has 0 atom stereocenters. The van der Waals surface area contributed by atoms with E-state index in [0.717, 1.165) is 12.0 Å². The number of benzene rings is 1. The molecule has 0 fully saturated rings. The van der Waals surface area contributed by atoms with Gasteiger partial charge in [-0.25, -0.2) is 12.7 Å². The molecule has 0 aliphatic carbocycles. The van der Waals surface area contributed by atoms with Gasteiger partial charge in [0.05, 0.1) is 4.90 Å². The van der Waals surface area contributed by atoms with Crippen LogP contribution in [0.1, 0.15) is 25.8 Å². The largest absolute Gasteiger partial charge is 0.316 e. The summed E-state index contributed by atoms with van der Waals surface area (Å²) in [6, 6.07) is 4.83. The Bertz CT molecular complexity index is 544. The normalized spacial score (nSPS) is 12.3. The van der Waals surface area contributed by atoms with Crippen molar-refractivity contribution in [1.29, 1.82) is 0 Å². The lowest BCUT2D eigenvalue weighted by Crippen LogP contribution is -2.28. The molecule has 0 unspecified atom stereocenters. The summed E-state index contributed by atoms with van der Waals surface area (Å²) in [6.07, 6.45) is 0.840. The highest BCUT2D eigenvalue weighted by molar-refractivity contribution is 7.89. The van der Waals surface area contributed by atoms with Crippen molar-refractivity contribution in [3.63, 3.8) is 0 Å². The van der Waals surface area contributed by atoms with Crippen LogP contribution in [-0.4, -0.2) is 33.4 Å². The molecule has 1 aromatic carbocycles. The van der Waals surface area contributed by atoms with Crippen LogP contribution in [0.4, 0.5) is 0 Å². The molecule has 1 N–H and O–H groups in total. The van der Waals surface area contributed by atoms with Crippen LogP contribution in [0.5, 0.6) is 0 Å². The van der Waals surface area contributed by atoms with Gasteiger partial charge < -0.3 is 5.32 Å². The second-order valence-corrected chi connectivity index (χ2v) is 7.74. The first-order valence-electron chi connectivity index (χ1n) is 6.68. The standard InChI is InChI=1S/C14H23ClN2O2S/c1-11(2)7-8-17(4)20(18,19)13-5-6-14(15)12(9-13)10-16-3/h5-6,9,11,16H,7-8,10H2,1-4H3. The van der Waals surface area contributed by atoms with Gasteiger partial charge in [-0.05, 0) is 43.1 Å². The van der Waals surface area contributed by atoms with Crippen LogP contribution < -0.4 is 5.32 Å². The minimum atomic E-state index is -3.45. The molecule has 1 rings (SSSR count). The molecule has 1 aromatic rings. The van der Waals surface area contributed by atoms with Crippen LogP contribution in [0.2, 0.25) is 5.02 Å². The molecule has 4 nitrogen and oxygen atoms in total. The fourth-order valence-corrected chi connectivity index (χ4v) is 3.20. The third-order valence-corrected chi connectivity index (χ3v) is 5.34. The van der Waals surface area contributed by atoms with E-state index in [4.69, 9.17) is 11.6 Å². The van der Waals surface area contributed by atoms with Crippen molar-refractivity contribution in [2.75, 3.05) is 20.6 Å². The van der Waals surface area contributed by atoms with Crippen molar-refractivity contribution >= 4 is 21.6 Å². The third-order valence-electron chi connectivity index (χ3n) is 3.11. The SMILES string of the molecule is CNCc1cc(S(=O)(=O)N(C)CCC(C)C)ccc1Cl. The Labute approximate surface area is 127 Å². The maximum atomic E-state index is 12.5. The second-order valence-electron chi connectivity index (χ2n) is 5.29. The van der Waals surface area contributed by atoms with Gasteiger partial charge in [0.2, 0.25) is 10.0 Å². The highest BCUT2D eigenvalue weighted by Gasteiger charge is 2.21. The number of hydrogen-bond acceptors (Lipinski definition) is 3. The van der Waals surface area contributed by atoms with Gasteiger partial charge in [-0.15, -0.1) is 0 Å². The number of sulfonamides is 1. The Kier molecular flexibility index (Phi) is 6.45. The number of nitrogens with zero attached hydrogens (tertiary/aromatic N) is 1. The minimum absolute atomic E-state index is 0.290. The first-order valence-corrected chi connectivity index (χ1v) is 8.50. The average Bonchev–Trinajstić information content (AvgIpc) is 2.38. The Morgan fingerprint density at radius 3 is 2.55 bits per heavy atom. The van der Waals surface area contributed by atoms with Crippen LogP contribution in [0.15, 0.2) is 23.1 Å². The molecule has 0 saturated carbocycles. The van der Waals surface area contributed by atoms with Crippen LogP contribution >= 0.6 is 11.6 Å². The lowest BCUT2D eigenvalue weighted by atomic mass is 10.1. The van der Waals surface area contributed by atoms with Gasteiger partial charge in [-0.1, -0.05) is 25.4 Å². The number of hydrogen-bond donors (Lipinski definition) is 1. The lowest BCUT2D eigenvalue weighted by molar-refractivity contribution is 0.428. The summed E-state index contributed by atoms with van der Waals surface area (Å²) in [6.45, 7) is 5.21. The minimum Gasteiger partial charge on any atom is -0.316 e. The molecule has 0 aliphatic heterocycles. The van der Waals surface area contributed by atoms with Gasteiger partial charge in [0, 0.05) is 25.2 Å².